The quantitative estimate of drug-likeness (QED) is 0.845. The van der Waals surface area contributed by atoms with E-state index in [2.05, 4.69) is 5.32 Å². The maximum atomic E-state index is 12.7. The smallest absolute Gasteiger partial charge is 0.356 e. The average Bonchev–Trinajstić information content (AvgIpc) is 2.46. The van der Waals surface area contributed by atoms with Gasteiger partial charge in [-0.05, 0) is 36.5 Å². The molecule has 1 aliphatic heterocycles. The zero-order valence-corrected chi connectivity index (χ0v) is 11.1. The SMILES string of the molecule is FC(F)(F)c1cccc(C2NC[C@H]3CCCC[C@@H]3O2)c1. The van der Waals surface area contributed by atoms with Crippen LogP contribution in [0.25, 0.3) is 0 Å². The van der Waals surface area contributed by atoms with Gasteiger partial charge < -0.3 is 4.74 Å². The van der Waals surface area contributed by atoms with Crippen molar-refractivity contribution in [2.45, 2.75) is 44.2 Å². The molecule has 1 aliphatic carbocycles. The van der Waals surface area contributed by atoms with Gasteiger partial charge in [0.2, 0.25) is 0 Å². The van der Waals surface area contributed by atoms with Crippen LogP contribution in [0.15, 0.2) is 24.3 Å². The van der Waals surface area contributed by atoms with Crippen LogP contribution >= 0.6 is 0 Å². The summed E-state index contributed by atoms with van der Waals surface area (Å²) in [7, 11) is 0. The lowest BCUT2D eigenvalue weighted by Gasteiger charge is -2.40. The fourth-order valence-corrected chi connectivity index (χ4v) is 3.14. The largest absolute Gasteiger partial charge is 0.416 e. The first kappa shape index (κ1) is 13.9. The zero-order chi connectivity index (χ0) is 14.2. The molecule has 0 radical (unpaired) electrons. The minimum absolute atomic E-state index is 0.185. The van der Waals surface area contributed by atoms with Gasteiger partial charge in [-0.2, -0.15) is 13.2 Å². The van der Waals surface area contributed by atoms with Crippen molar-refractivity contribution in [2.75, 3.05) is 6.54 Å². The molecule has 1 heterocycles. The summed E-state index contributed by atoms with van der Waals surface area (Å²) < 4.78 is 44.2. The first-order valence-electron chi connectivity index (χ1n) is 7.10. The fourth-order valence-electron chi connectivity index (χ4n) is 3.14. The van der Waals surface area contributed by atoms with Crippen molar-refractivity contribution in [1.29, 1.82) is 0 Å². The molecule has 2 nitrogen and oxygen atoms in total. The predicted molar refractivity (Wildman–Crippen MR) is 69.0 cm³/mol. The molecule has 1 N–H and O–H groups in total. The molecule has 0 amide bonds. The highest BCUT2D eigenvalue weighted by atomic mass is 19.4. The molecule has 20 heavy (non-hydrogen) atoms. The highest BCUT2D eigenvalue weighted by Crippen LogP contribution is 2.35. The van der Waals surface area contributed by atoms with Crippen molar-refractivity contribution in [2.24, 2.45) is 5.92 Å². The molecule has 1 unspecified atom stereocenters. The van der Waals surface area contributed by atoms with Crippen LogP contribution in [0.3, 0.4) is 0 Å². The summed E-state index contributed by atoms with van der Waals surface area (Å²) in [6.07, 6.45) is -0.00907. The molecule has 3 atom stereocenters. The van der Waals surface area contributed by atoms with E-state index in [9.17, 15) is 13.2 Å². The van der Waals surface area contributed by atoms with Crippen molar-refractivity contribution in [3.8, 4) is 0 Å². The number of hydrogen-bond donors (Lipinski definition) is 1. The van der Waals surface area contributed by atoms with Crippen LogP contribution < -0.4 is 5.32 Å². The van der Waals surface area contributed by atoms with E-state index in [0.717, 1.165) is 31.9 Å². The van der Waals surface area contributed by atoms with Crippen LogP contribution in [0, 0.1) is 5.92 Å². The summed E-state index contributed by atoms with van der Waals surface area (Å²) in [4.78, 5) is 0. The van der Waals surface area contributed by atoms with Crippen molar-refractivity contribution >= 4 is 0 Å². The van der Waals surface area contributed by atoms with E-state index in [1.54, 1.807) is 6.07 Å². The first-order chi connectivity index (χ1) is 9.54. The number of fused-ring (bicyclic) bond motifs is 1. The third kappa shape index (κ3) is 2.83. The zero-order valence-electron chi connectivity index (χ0n) is 11.1. The standard InChI is InChI=1S/C15H18F3NO/c16-15(17,18)12-6-3-5-10(8-12)14-19-9-11-4-1-2-7-13(11)20-14/h3,5-6,8,11,13-14,19H,1-2,4,7,9H2/t11-,13+,14?/m1/s1. The molecule has 1 saturated carbocycles. The minimum atomic E-state index is -4.31. The second kappa shape index (κ2) is 5.37. The summed E-state index contributed by atoms with van der Waals surface area (Å²) in [6.45, 7) is 0.825. The normalized spacial score (nSPS) is 30.9. The summed E-state index contributed by atoms with van der Waals surface area (Å²) in [5, 5.41) is 3.22. The van der Waals surface area contributed by atoms with E-state index in [1.165, 1.54) is 18.6 Å². The number of ether oxygens (including phenoxy) is 1. The molecule has 0 bridgehead atoms. The molecule has 2 aliphatic rings. The lowest BCUT2D eigenvalue weighted by molar-refractivity contribution is -0.138. The van der Waals surface area contributed by atoms with E-state index in [1.807, 2.05) is 0 Å². The van der Waals surface area contributed by atoms with Gasteiger partial charge in [0.25, 0.3) is 0 Å². The molecule has 1 aromatic rings. The Balaban J connectivity index is 1.76. The molecule has 2 fully saturated rings. The second-order valence-corrected chi connectivity index (χ2v) is 5.63. The van der Waals surface area contributed by atoms with E-state index < -0.39 is 18.0 Å². The number of nitrogens with one attached hydrogen (secondary N) is 1. The molecule has 5 heteroatoms. The molecule has 1 saturated heterocycles. The Morgan fingerprint density at radius 3 is 2.75 bits per heavy atom. The van der Waals surface area contributed by atoms with Gasteiger partial charge in [-0.15, -0.1) is 0 Å². The number of benzene rings is 1. The van der Waals surface area contributed by atoms with Crippen molar-refractivity contribution < 1.29 is 17.9 Å². The minimum Gasteiger partial charge on any atom is -0.356 e. The van der Waals surface area contributed by atoms with Gasteiger partial charge in [-0.3, -0.25) is 5.32 Å². The van der Waals surface area contributed by atoms with E-state index in [0.29, 0.717) is 11.5 Å². The van der Waals surface area contributed by atoms with E-state index >= 15 is 0 Å². The molecule has 3 rings (SSSR count). The monoisotopic (exact) mass is 285 g/mol. The van der Waals surface area contributed by atoms with Gasteiger partial charge in [0.15, 0.2) is 0 Å². The van der Waals surface area contributed by atoms with Gasteiger partial charge >= 0.3 is 6.18 Å². The fraction of sp³-hybridized carbons (Fsp3) is 0.600. The second-order valence-electron chi connectivity index (χ2n) is 5.63. The highest BCUT2D eigenvalue weighted by Gasteiger charge is 2.35. The van der Waals surface area contributed by atoms with Gasteiger partial charge in [-0.1, -0.05) is 25.0 Å². The molecular weight excluding hydrogens is 267 g/mol. The number of halogens is 3. The highest BCUT2D eigenvalue weighted by molar-refractivity contribution is 5.27. The maximum Gasteiger partial charge on any atom is 0.416 e. The Bertz CT molecular complexity index is 474. The third-order valence-corrected chi connectivity index (χ3v) is 4.23. The van der Waals surface area contributed by atoms with E-state index in [4.69, 9.17) is 4.74 Å². The summed E-state index contributed by atoms with van der Waals surface area (Å²) in [5.74, 6) is 0.505. The Hall–Kier alpha value is -1.07. The van der Waals surface area contributed by atoms with Crippen LogP contribution in [0.2, 0.25) is 0 Å². The Morgan fingerprint density at radius 1 is 1.15 bits per heavy atom. The lowest BCUT2D eigenvalue weighted by Crippen LogP contribution is -2.45. The Labute approximate surface area is 116 Å². The number of alkyl halides is 3. The summed E-state index contributed by atoms with van der Waals surface area (Å²) in [6, 6.07) is 5.41. The van der Waals surface area contributed by atoms with E-state index in [-0.39, 0.29) is 6.10 Å². The van der Waals surface area contributed by atoms with Crippen LogP contribution in [0.1, 0.15) is 43.0 Å². The van der Waals surface area contributed by atoms with Gasteiger partial charge in [0.05, 0.1) is 11.7 Å². The van der Waals surface area contributed by atoms with Crippen LogP contribution in [0.5, 0.6) is 0 Å². The number of rotatable bonds is 1. The van der Waals surface area contributed by atoms with Crippen LogP contribution in [-0.2, 0) is 10.9 Å². The van der Waals surface area contributed by atoms with Crippen molar-refractivity contribution in [3.05, 3.63) is 35.4 Å². The van der Waals surface area contributed by atoms with Gasteiger partial charge in [-0.25, -0.2) is 0 Å². The Morgan fingerprint density at radius 2 is 1.95 bits per heavy atom. The van der Waals surface area contributed by atoms with Gasteiger partial charge in [0.1, 0.15) is 6.23 Å². The maximum absolute atomic E-state index is 12.7. The molecule has 1 aromatic carbocycles. The van der Waals surface area contributed by atoms with Crippen LogP contribution in [-0.4, -0.2) is 12.6 Å². The van der Waals surface area contributed by atoms with Crippen LogP contribution in [0.4, 0.5) is 13.2 Å². The predicted octanol–water partition coefficient (Wildman–Crippen LogP) is 3.88. The van der Waals surface area contributed by atoms with Crippen molar-refractivity contribution in [1.82, 2.24) is 5.32 Å². The summed E-state index contributed by atoms with van der Waals surface area (Å²) >= 11 is 0. The molecule has 0 aromatic heterocycles. The molecule has 110 valence electrons. The average molecular weight is 285 g/mol. The lowest BCUT2D eigenvalue weighted by atomic mass is 9.85. The topological polar surface area (TPSA) is 21.3 Å². The molecular formula is C15H18F3NO. The summed E-state index contributed by atoms with van der Waals surface area (Å²) in [5.41, 5.74) is -0.0602. The van der Waals surface area contributed by atoms with Crippen molar-refractivity contribution in [3.63, 3.8) is 0 Å². The first-order valence-corrected chi connectivity index (χ1v) is 7.10. The third-order valence-electron chi connectivity index (χ3n) is 4.23. The Kier molecular flexibility index (Phi) is 3.73. The molecule has 0 spiro atoms. The van der Waals surface area contributed by atoms with Gasteiger partial charge in [0, 0.05) is 6.54 Å². The number of hydrogen-bond acceptors (Lipinski definition) is 2.